The number of carbonyl (C=O) groups is 1. The van der Waals surface area contributed by atoms with Crippen molar-refractivity contribution in [2.75, 3.05) is 0 Å². The summed E-state index contributed by atoms with van der Waals surface area (Å²) < 4.78 is 1.10. The third-order valence-corrected chi connectivity index (χ3v) is 3.94. The van der Waals surface area contributed by atoms with Crippen LogP contribution in [0.3, 0.4) is 0 Å². The molecular formula is C13H15BrO. The highest BCUT2D eigenvalue weighted by Crippen LogP contribution is 2.54. The average Bonchev–Trinajstić information content (AvgIpc) is 2.16. The monoisotopic (exact) mass is 266 g/mol. The largest absolute Gasteiger partial charge is 0.303 e. The van der Waals surface area contributed by atoms with Gasteiger partial charge in [0, 0.05) is 9.89 Å². The predicted octanol–water partition coefficient (Wildman–Crippen LogP) is 3.71. The van der Waals surface area contributed by atoms with E-state index in [-0.39, 0.29) is 10.8 Å². The van der Waals surface area contributed by atoms with Crippen molar-refractivity contribution >= 4 is 22.2 Å². The van der Waals surface area contributed by atoms with Gasteiger partial charge in [-0.25, -0.2) is 0 Å². The molecule has 1 aromatic carbocycles. The van der Waals surface area contributed by atoms with Gasteiger partial charge in [-0.15, -0.1) is 0 Å². The van der Waals surface area contributed by atoms with E-state index in [4.69, 9.17) is 0 Å². The molecule has 80 valence electrons. The molecule has 0 aliphatic heterocycles. The fourth-order valence-corrected chi connectivity index (χ4v) is 3.13. The SMILES string of the molecule is CC1(C=O)CC(C)(c2ccc(Br)cc2)C1. The third-order valence-electron chi connectivity index (χ3n) is 3.41. The van der Waals surface area contributed by atoms with Crippen molar-refractivity contribution in [3.63, 3.8) is 0 Å². The minimum Gasteiger partial charge on any atom is -0.303 e. The standard InChI is InChI=1S/C13H15BrO/c1-12(9-15)7-13(2,8-12)10-3-5-11(14)6-4-10/h3-6,9H,7-8H2,1-2H3. The maximum atomic E-state index is 10.9. The van der Waals surface area contributed by atoms with Crippen molar-refractivity contribution in [2.45, 2.75) is 32.1 Å². The number of benzene rings is 1. The van der Waals surface area contributed by atoms with Gasteiger partial charge >= 0.3 is 0 Å². The maximum Gasteiger partial charge on any atom is 0.125 e. The summed E-state index contributed by atoms with van der Waals surface area (Å²) in [5, 5.41) is 0. The van der Waals surface area contributed by atoms with Crippen molar-refractivity contribution in [3.05, 3.63) is 34.3 Å². The molecule has 0 heterocycles. The second-order valence-electron chi connectivity index (χ2n) is 5.19. The van der Waals surface area contributed by atoms with Crippen LogP contribution in [0.2, 0.25) is 0 Å². The minimum absolute atomic E-state index is 0.0954. The van der Waals surface area contributed by atoms with Gasteiger partial charge in [0.05, 0.1) is 0 Å². The molecular weight excluding hydrogens is 252 g/mol. The Hall–Kier alpha value is -0.630. The van der Waals surface area contributed by atoms with E-state index in [1.165, 1.54) is 5.56 Å². The molecule has 1 aromatic rings. The fourth-order valence-electron chi connectivity index (χ4n) is 2.87. The zero-order chi connectivity index (χ0) is 11.1. The predicted molar refractivity (Wildman–Crippen MR) is 64.9 cm³/mol. The summed E-state index contributed by atoms with van der Waals surface area (Å²) >= 11 is 3.43. The van der Waals surface area contributed by atoms with Crippen LogP contribution in [-0.4, -0.2) is 6.29 Å². The first kappa shape index (κ1) is 10.9. The lowest BCUT2D eigenvalue weighted by Gasteiger charge is -2.50. The Morgan fingerprint density at radius 2 is 1.73 bits per heavy atom. The first-order valence-corrected chi connectivity index (χ1v) is 5.99. The zero-order valence-electron chi connectivity index (χ0n) is 9.09. The van der Waals surface area contributed by atoms with Crippen LogP contribution in [0.25, 0.3) is 0 Å². The lowest BCUT2D eigenvalue weighted by molar-refractivity contribution is -0.123. The lowest BCUT2D eigenvalue weighted by atomic mass is 9.53. The molecule has 1 fully saturated rings. The van der Waals surface area contributed by atoms with Crippen LogP contribution in [0.1, 0.15) is 32.3 Å². The number of rotatable bonds is 2. The molecule has 0 unspecified atom stereocenters. The van der Waals surface area contributed by atoms with Crippen molar-refractivity contribution < 1.29 is 4.79 Å². The maximum absolute atomic E-state index is 10.9. The molecule has 0 spiro atoms. The van der Waals surface area contributed by atoms with Gasteiger partial charge in [0.25, 0.3) is 0 Å². The van der Waals surface area contributed by atoms with E-state index in [1.54, 1.807) is 0 Å². The Balaban J connectivity index is 2.20. The van der Waals surface area contributed by atoms with Gasteiger partial charge in [0.1, 0.15) is 6.29 Å². The Labute approximate surface area is 99.0 Å². The van der Waals surface area contributed by atoms with Gasteiger partial charge < -0.3 is 4.79 Å². The van der Waals surface area contributed by atoms with E-state index in [9.17, 15) is 4.79 Å². The van der Waals surface area contributed by atoms with E-state index in [2.05, 4.69) is 47.1 Å². The number of hydrogen-bond acceptors (Lipinski definition) is 1. The van der Waals surface area contributed by atoms with Crippen LogP contribution >= 0.6 is 15.9 Å². The van der Waals surface area contributed by atoms with E-state index >= 15 is 0 Å². The van der Waals surface area contributed by atoms with E-state index in [0.29, 0.717) is 0 Å². The van der Waals surface area contributed by atoms with Gasteiger partial charge in [-0.05, 0) is 36.0 Å². The van der Waals surface area contributed by atoms with Crippen molar-refractivity contribution in [1.82, 2.24) is 0 Å². The molecule has 15 heavy (non-hydrogen) atoms. The number of hydrogen-bond donors (Lipinski definition) is 0. The van der Waals surface area contributed by atoms with Crippen molar-refractivity contribution in [1.29, 1.82) is 0 Å². The van der Waals surface area contributed by atoms with Gasteiger partial charge in [0.15, 0.2) is 0 Å². The summed E-state index contributed by atoms with van der Waals surface area (Å²) in [5.74, 6) is 0. The first-order chi connectivity index (χ1) is 6.97. The summed E-state index contributed by atoms with van der Waals surface area (Å²) in [6.45, 7) is 4.28. The normalized spacial score (nSPS) is 34.6. The quantitative estimate of drug-likeness (QED) is 0.746. The van der Waals surface area contributed by atoms with Crippen LogP contribution < -0.4 is 0 Å². The highest BCUT2D eigenvalue weighted by Gasteiger charge is 2.49. The summed E-state index contributed by atoms with van der Waals surface area (Å²) in [4.78, 5) is 10.9. The third kappa shape index (κ3) is 1.87. The van der Waals surface area contributed by atoms with Crippen LogP contribution in [0.4, 0.5) is 0 Å². The van der Waals surface area contributed by atoms with Gasteiger partial charge in [-0.3, -0.25) is 0 Å². The van der Waals surface area contributed by atoms with Gasteiger partial charge in [0.2, 0.25) is 0 Å². The summed E-state index contributed by atoms with van der Waals surface area (Å²) in [6.07, 6.45) is 3.03. The van der Waals surface area contributed by atoms with E-state index in [1.807, 2.05) is 6.92 Å². The smallest absolute Gasteiger partial charge is 0.125 e. The van der Waals surface area contributed by atoms with E-state index in [0.717, 1.165) is 23.6 Å². The molecule has 1 saturated carbocycles. The molecule has 0 amide bonds. The minimum atomic E-state index is -0.0954. The molecule has 2 heteroatoms. The van der Waals surface area contributed by atoms with E-state index < -0.39 is 0 Å². The Morgan fingerprint density at radius 3 is 2.20 bits per heavy atom. The zero-order valence-corrected chi connectivity index (χ0v) is 10.7. The van der Waals surface area contributed by atoms with Gasteiger partial charge in [-0.1, -0.05) is 41.9 Å². The average molecular weight is 267 g/mol. The van der Waals surface area contributed by atoms with Crippen LogP contribution in [0.5, 0.6) is 0 Å². The lowest BCUT2D eigenvalue weighted by Crippen LogP contribution is -2.46. The molecule has 1 aliphatic carbocycles. The Bertz CT molecular complexity index is 374. The molecule has 0 radical (unpaired) electrons. The number of halogens is 1. The second-order valence-corrected chi connectivity index (χ2v) is 6.11. The fraction of sp³-hybridized carbons (Fsp3) is 0.462. The molecule has 0 saturated heterocycles. The molecule has 0 bridgehead atoms. The summed E-state index contributed by atoms with van der Waals surface area (Å²) in [5.41, 5.74) is 1.43. The van der Waals surface area contributed by atoms with Gasteiger partial charge in [-0.2, -0.15) is 0 Å². The van der Waals surface area contributed by atoms with Crippen LogP contribution in [0, 0.1) is 5.41 Å². The topological polar surface area (TPSA) is 17.1 Å². The molecule has 0 atom stereocenters. The summed E-state index contributed by atoms with van der Waals surface area (Å²) in [6, 6.07) is 8.43. The first-order valence-electron chi connectivity index (χ1n) is 5.20. The molecule has 1 aliphatic rings. The summed E-state index contributed by atoms with van der Waals surface area (Å²) in [7, 11) is 0. The highest BCUT2D eigenvalue weighted by molar-refractivity contribution is 9.10. The highest BCUT2D eigenvalue weighted by atomic mass is 79.9. The number of aldehydes is 1. The molecule has 0 aromatic heterocycles. The van der Waals surface area contributed by atoms with Crippen LogP contribution in [-0.2, 0) is 10.2 Å². The molecule has 2 rings (SSSR count). The molecule has 1 nitrogen and oxygen atoms in total. The van der Waals surface area contributed by atoms with Crippen LogP contribution in [0.15, 0.2) is 28.7 Å². The van der Waals surface area contributed by atoms with Crippen molar-refractivity contribution in [3.8, 4) is 0 Å². The molecule has 0 N–H and O–H groups in total. The van der Waals surface area contributed by atoms with Crippen molar-refractivity contribution in [2.24, 2.45) is 5.41 Å². The second kappa shape index (κ2) is 3.44. The number of carbonyl (C=O) groups excluding carboxylic acids is 1. The Morgan fingerprint density at radius 1 is 1.20 bits per heavy atom. The Kier molecular flexibility index (Phi) is 2.50.